The lowest BCUT2D eigenvalue weighted by Gasteiger charge is -2.23. The number of alkyl halides is 3. The Bertz CT molecular complexity index is 1790. The summed E-state index contributed by atoms with van der Waals surface area (Å²) in [6.45, 7) is -0.247. The first kappa shape index (κ1) is 29.0. The molecule has 0 aliphatic heterocycles. The number of nitrogens with two attached hydrogens (primary N) is 2. The first-order valence-electron chi connectivity index (χ1n) is 12.3. The summed E-state index contributed by atoms with van der Waals surface area (Å²) in [6, 6.07) is 11.9. The van der Waals surface area contributed by atoms with Gasteiger partial charge in [0.2, 0.25) is 0 Å². The highest BCUT2D eigenvalue weighted by atomic mass is 19.4. The van der Waals surface area contributed by atoms with E-state index in [2.05, 4.69) is 24.8 Å². The van der Waals surface area contributed by atoms with Gasteiger partial charge in [0, 0.05) is 12.5 Å². The largest absolute Gasteiger partial charge is 0.573 e. The standard InChI is InChI=1S/C27H21F5N8O3/c1-42-26(41)39(13-14-6-8-17(9-7-14)43-27(30,31)32)22-23(33)36-25(37-24(22)34)40-20-11-16(28)12-35-21(20)19(38-40)10-15-4-2-3-5-18(15)29/h2-9,11-12H,10,13H2,1H3,(H4,33,34,36,37). The van der Waals surface area contributed by atoms with E-state index in [0.29, 0.717) is 16.8 Å². The van der Waals surface area contributed by atoms with E-state index in [1.54, 1.807) is 18.2 Å². The first-order valence-corrected chi connectivity index (χ1v) is 12.3. The number of rotatable bonds is 7. The van der Waals surface area contributed by atoms with Gasteiger partial charge in [0.05, 0.1) is 31.1 Å². The number of hydrogen-bond acceptors (Lipinski definition) is 9. The highest BCUT2D eigenvalue weighted by Gasteiger charge is 2.31. The van der Waals surface area contributed by atoms with Crippen molar-refractivity contribution in [3.63, 3.8) is 0 Å². The summed E-state index contributed by atoms with van der Waals surface area (Å²) in [6.07, 6.45) is -4.79. The lowest BCUT2D eigenvalue weighted by atomic mass is 10.1. The summed E-state index contributed by atoms with van der Waals surface area (Å²) < 4.78 is 76.0. The van der Waals surface area contributed by atoms with E-state index in [1.807, 2.05) is 0 Å². The number of hydrogen-bond donors (Lipinski definition) is 2. The molecular formula is C27H21F5N8O3. The Balaban J connectivity index is 1.52. The van der Waals surface area contributed by atoms with Crippen LogP contribution in [-0.2, 0) is 17.7 Å². The van der Waals surface area contributed by atoms with E-state index in [4.69, 9.17) is 16.2 Å². The molecule has 0 atom stereocenters. The Labute approximate surface area is 239 Å². The highest BCUT2D eigenvalue weighted by molar-refractivity contribution is 5.95. The van der Waals surface area contributed by atoms with Gasteiger partial charge in [-0.25, -0.2) is 18.6 Å². The molecule has 4 N–H and O–H groups in total. The number of halogens is 5. The molecule has 3 aromatic heterocycles. The number of benzene rings is 2. The number of aromatic nitrogens is 5. The Morgan fingerprint density at radius 2 is 1.70 bits per heavy atom. The van der Waals surface area contributed by atoms with Crippen LogP contribution in [0.25, 0.3) is 17.0 Å². The summed E-state index contributed by atoms with van der Waals surface area (Å²) in [7, 11) is 1.10. The number of nitrogen functional groups attached to an aromatic ring is 2. The summed E-state index contributed by atoms with van der Waals surface area (Å²) in [5.74, 6) is -2.41. The third-order valence-electron chi connectivity index (χ3n) is 6.15. The van der Waals surface area contributed by atoms with Crippen LogP contribution in [0.3, 0.4) is 0 Å². The van der Waals surface area contributed by atoms with Gasteiger partial charge >= 0.3 is 12.5 Å². The zero-order chi connectivity index (χ0) is 30.9. The van der Waals surface area contributed by atoms with Crippen LogP contribution in [0.1, 0.15) is 16.8 Å². The van der Waals surface area contributed by atoms with Crippen molar-refractivity contribution in [2.24, 2.45) is 0 Å². The smallest absolute Gasteiger partial charge is 0.452 e. The van der Waals surface area contributed by atoms with Crippen LogP contribution < -0.4 is 21.1 Å². The fourth-order valence-corrected chi connectivity index (χ4v) is 4.30. The third kappa shape index (κ3) is 6.22. The predicted octanol–water partition coefficient (Wildman–Crippen LogP) is 4.92. The highest BCUT2D eigenvalue weighted by Crippen LogP contribution is 2.32. The Hall–Kier alpha value is -5.54. The van der Waals surface area contributed by atoms with Crippen LogP contribution in [0.5, 0.6) is 5.75 Å². The van der Waals surface area contributed by atoms with Crippen LogP contribution in [0, 0.1) is 11.6 Å². The molecule has 0 aliphatic rings. The summed E-state index contributed by atoms with van der Waals surface area (Å²) in [5.41, 5.74) is 13.7. The maximum absolute atomic E-state index is 14.4. The van der Waals surface area contributed by atoms with Gasteiger partial charge in [-0.1, -0.05) is 30.3 Å². The van der Waals surface area contributed by atoms with Crippen LogP contribution in [0.2, 0.25) is 0 Å². The normalized spacial score (nSPS) is 11.5. The molecule has 11 nitrogen and oxygen atoms in total. The first-order chi connectivity index (χ1) is 20.4. The number of ether oxygens (including phenoxy) is 2. The minimum atomic E-state index is -4.87. The lowest BCUT2D eigenvalue weighted by Crippen LogP contribution is -2.32. The maximum atomic E-state index is 14.4. The number of carbonyl (C=O) groups is 1. The molecule has 222 valence electrons. The molecule has 1 amide bonds. The van der Waals surface area contributed by atoms with Crippen molar-refractivity contribution in [2.45, 2.75) is 19.3 Å². The second kappa shape index (κ2) is 11.4. The van der Waals surface area contributed by atoms with Gasteiger partial charge in [-0.15, -0.1) is 13.2 Å². The lowest BCUT2D eigenvalue weighted by molar-refractivity contribution is -0.274. The SMILES string of the molecule is COC(=O)N(Cc1ccc(OC(F)(F)F)cc1)c1c(N)nc(-n2nc(Cc3ccccc3F)c3ncc(F)cc32)nc1N. The average molecular weight is 601 g/mol. The Morgan fingerprint density at radius 3 is 2.33 bits per heavy atom. The van der Waals surface area contributed by atoms with E-state index in [1.165, 1.54) is 18.2 Å². The molecule has 0 saturated heterocycles. The van der Waals surface area contributed by atoms with Crippen LogP contribution in [0.15, 0.2) is 60.8 Å². The van der Waals surface area contributed by atoms with E-state index < -0.39 is 29.8 Å². The summed E-state index contributed by atoms with van der Waals surface area (Å²) >= 11 is 0. The van der Waals surface area contributed by atoms with E-state index >= 15 is 0 Å². The molecule has 3 heterocycles. The second-order valence-electron chi connectivity index (χ2n) is 9.04. The van der Waals surface area contributed by atoms with Crippen molar-refractivity contribution in [3.05, 3.63) is 89.2 Å². The molecule has 5 aromatic rings. The van der Waals surface area contributed by atoms with Gasteiger partial charge in [0.1, 0.15) is 28.6 Å². The third-order valence-corrected chi connectivity index (χ3v) is 6.15. The second-order valence-corrected chi connectivity index (χ2v) is 9.04. The summed E-state index contributed by atoms with van der Waals surface area (Å²) in [5, 5.41) is 4.43. The van der Waals surface area contributed by atoms with Gasteiger partial charge in [0.25, 0.3) is 5.95 Å². The molecule has 0 radical (unpaired) electrons. The number of fused-ring (bicyclic) bond motifs is 1. The monoisotopic (exact) mass is 600 g/mol. The van der Waals surface area contributed by atoms with Gasteiger partial charge in [-0.2, -0.15) is 19.7 Å². The Morgan fingerprint density at radius 1 is 1.02 bits per heavy atom. The molecule has 16 heteroatoms. The molecule has 2 aromatic carbocycles. The fourth-order valence-electron chi connectivity index (χ4n) is 4.30. The molecule has 0 spiro atoms. The van der Waals surface area contributed by atoms with Crippen molar-refractivity contribution < 1.29 is 36.2 Å². The number of nitrogens with zero attached hydrogens (tertiary/aromatic N) is 6. The average Bonchev–Trinajstić information content (AvgIpc) is 3.30. The van der Waals surface area contributed by atoms with Crippen molar-refractivity contribution in [3.8, 4) is 11.7 Å². The number of carbonyl (C=O) groups excluding carboxylic acids is 1. The van der Waals surface area contributed by atoms with Gasteiger partial charge in [-0.05, 0) is 29.3 Å². The topological polar surface area (TPSA) is 147 Å². The maximum Gasteiger partial charge on any atom is 0.573 e. The molecule has 0 saturated carbocycles. The van der Waals surface area contributed by atoms with Crippen molar-refractivity contribution >= 4 is 34.4 Å². The minimum Gasteiger partial charge on any atom is -0.452 e. The van der Waals surface area contributed by atoms with Crippen LogP contribution >= 0.6 is 0 Å². The van der Waals surface area contributed by atoms with Crippen LogP contribution in [0.4, 0.5) is 44.1 Å². The van der Waals surface area contributed by atoms with Gasteiger partial charge in [-0.3, -0.25) is 4.90 Å². The zero-order valence-corrected chi connectivity index (χ0v) is 22.1. The van der Waals surface area contributed by atoms with Crippen molar-refractivity contribution in [1.82, 2.24) is 24.7 Å². The quantitative estimate of drug-likeness (QED) is 0.249. The number of pyridine rings is 1. The summed E-state index contributed by atoms with van der Waals surface area (Å²) in [4.78, 5) is 26.3. The number of anilines is 3. The molecule has 5 rings (SSSR count). The van der Waals surface area contributed by atoms with Crippen molar-refractivity contribution in [2.75, 3.05) is 23.5 Å². The fraction of sp³-hybridized carbons (Fsp3) is 0.148. The molecule has 0 bridgehead atoms. The molecule has 43 heavy (non-hydrogen) atoms. The molecule has 0 unspecified atom stereocenters. The van der Waals surface area contributed by atoms with E-state index in [9.17, 15) is 26.7 Å². The Kier molecular flexibility index (Phi) is 7.67. The number of amides is 1. The van der Waals surface area contributed by atoms with E-state index in [-0.39, 0.29) is 47.3 Å². The van der Waals surface area contributed by atoms with Gasteiger partial charge in [0.15, 0.2) is 11.6 Å². The van der Waals surface area contributed by atoms with E-state index in [0.717, 1.165) is 41.1 Å². The van der Waals surface area contributed by atoms with Gasteiger partial charge < -0.3 is 20.9 Å². The van der Waals surface area contributed by atoms with Crippen LogP contribution in [-0.4, -0.2) is 44.3 Å². The number of methoxy groups -OCH3 is 1. The molecule has 0 fully saturated rings. The minimum absolute atomic E-state index is 0.0147. The molecule has 0 aliphatic carbocycles. The molecular weight excluding hydrogens is 579 g/mol. The van der Waals surface area contributed by atoms with Crippen molar-refractivity contribution in [1.29, 1.82) is 0 Å². The predicted molar refractivity (Wildman–Crippen MR) is 144 cm³/mol. The zero-order valence-electron chi connectivity index (χ0n) is 22.1.